The molecule has 2 saturated heterocycles. The molecule has 0 aliphatic carbocycles. The van der Waals surface area contributed by atoms with Gasteiger partial charge >= 0.3 is 0 Å². The van der Waals surface area contributed by atoms with E-state index in [2.05, 4.69) is 104 Å². The summed E-state index contributed by atoms with van der Waals surface area (Å²) in [5.74, 6) is -0.248. The van der Waals surface area contributed by atoms with Crippen LogP contribution in [0.5, 0.6) is 0 Å². The van der Waals surface area contributed by atoms with Gasteiger partial charge in [-0.05, 0) is 89.9 Å². The number of hydrogen-bond acceptors (Lipinski definition) is 13. The molecule has 2 rings (SSSR count). The van der Waals surface area contributed by atoms with Crippen LogP contribution in [0.25, 0.3) is 0 Å². The molecule has 2 aliphatic heterocycles. The lowest BCUT2D eigenvalue weighted by Gasteiger charge is -2.46. The summed E-state index contributed by atoms with van der Waals surface area (Å²) in [6, 6.07) is -0.942. The van der Waals surface area contributed by atoms with Crippen LogP contribution in [0.3, 0.4) is 0 Å². The van der Waals surface area contributed by atoms with Crippen LogP contribution >= 0.6 is 0 Å². The van der Waals surface area contributed by atoms with Crippen LogP contribution in [0.1, 0.15) is 354 Å². The fourth-order valence-corrected chi connectivity index (χ4v) is 13.4. The number of amides is 1. The van der Waals surface area contributed by atoms with E-state index in [0.29, 0.717) is 12.8 Å². The summed E-state index contributed by atoms with van der Waals surface area (Å²) in [5.41, 5.74) is 0. The highest BCUT2D eigenvalue weighted by Crippen LogP contribution is 2.30. The van der Waals surface area contributed by atoms with Gasteiger partial charge in [0, 0.05) is 6.42 Å². The van der Waals surface area contributed by atoms with Gasteiger partial charge in [-0.1, -0.05) is 355 Å². The predicted octanol–water partition coefficient (Wildman–Crippen LogP) is 19.6. The molecule has 586 valence electrons. The normalized spacial score (nSPS) is 22.2. The van der Waals surface area contributed by atoms with Crippen molar-refractivity contribution >= 4 is 5.91 Å². The number of ether oxygens (including phenoxy) is 4. The van der Waals surface area contributed by atoms with E-state index in [-0.39, 0.29) is 18.9 Å². The van der Waals surface area contributed by atoms with Gasteiger partial charge in [0.25, 0.3) is 0 Å². The van der Waals surface area contributed by atoms with Crippen LogP contribution in [-0.4, -0.2) is 140 Å². The first-order chi connectivity index (χ1) is 49.6. The van der Waals surface area contributed by atoms with E-state index in [9.17, 15) is 45.6 Å². The molecule has 9 N–H and O–H groups in total. The Balaban J connectivity index is 1.58. The maximum Gasteiger partial charge on any atom is 0.220 e. The topological polar surface area (TPSA) is 228 Å². The monoisotopic (exact) mass is 1420 g/mol. The highest BCUT2D eigenvalue weighted by molar-refractivity contribution is 5.76. The second-order valence-electron chi connectivity index (χ2n) is 29.2. The summed E-state index contributed by atoms with van der Waals surface area (Å²) >= 11 is 0. The highest BCUT2D eigenvalue weighted by Gasteiger charge is 2.51. The van der Waals surface area contributed by atoms with Crippen molar-refractivity contribution in [3.05, 3.63) is 97.2 Å². The van der Waals surface area contributed by atoms with Crippen molar-refractivity contribution in [2.75, 3.05) is 19.8 Å². The second kappa shape index (κ2) is 69.9. The zero-order valence-corrected chi connectivity index (χ0v) is 64.4. The maximum atomic E-state index is 13.4. The number of aliphatic hydroxyl groups is 8. The molecular formula is C87H155NO13. The largest absolute Gasteiger partial charge is 0.394 e. The third-order valence-electron chi connectivity index (χ3n) is 20.0. The zero-order valence-electron chi connectivity index (χ0n) is 64.4. The first-order valence-electron chi connectivity index (χ1n) is 42.0. The molecule has 0 spiro atoms. The van der Waals surface area contributed by atoms with Gasteiger partial charge in [0.2, 0.25) is 5.91 Å². The molecular weight excluding hydrogens is 1270 g/mol. The maximum absolute atomic E-state index is 13.4. The second-order valence-corrected chi connectivity index (χ2v) is 29.2. The van der Waals surface area contributed by atoms with Crippen molar-refractivity contribution in [1.29, 1.82) is 0 Å². The predicted molar refractivity (Wildman–Crippen MR) is 419 cm³/mol. The van der Waals surface area contributed by atoms with Crippen molar-refractivity contribution < 1.29 is 64.6 Å². The van der Waals surface area contributed by atoms with E-state index in [4.69, 9.17) is 18.9 Å². The lowest BCUT2D eigenvalue weighted by atomic mass is 9.97. The van der Waals surface area contributed by atoms with Gasteiger partial charge in [-0.3, -0.25) is 4.79 Å². The highest BCUT2D eigenvalue weighted by atomic mass is 16.7. The minimum Gasteiger partial charge on any atom is -0.394 e. The number of carbonyl (C=O) groups excluding carboxylic acids is 1. The lowest BCUT2D eigenvalue weighted by Crippen LogP contribution is -2.65. The summed E-state index contributed by atoms with van der Waals surface area (Å²) in [6.07, 6.45) is 83.7. The first kappa shape index (κ1) is 94.0. The first-order valence-corrected chi connectivity index (χ1v) is 42.0. The lowest BCUT2D eigenvalue weighted by molar-refractivity contribution is -0.359. The molecule has 0 aromatic heterocycles. The number of hydrogen-bond donors (Lipinski definition) is 9. The van der Waals surface area contributed by atoms with E-state index in [1.165, 1.54) is 244 Å². The van der Waals surface area contributed by atoms with Crippen molar-refractivity contribution in [2.45, 2.75) is 428 Å². The zero-order chi connectivity index (χ0) is 73.0. The quantitative estimate of drug-likeness (QED) is 0.0204. The molecule has 2 heterocycles. The molecule has 0 aromatic rings. The van der Waals surface area contributed by atoms with Gasteiger partial charge in [-0.15, -0.1) is 0 Å². The molecule has 2 fully saturated rings. The molecule has 12 unspecified atom stereocenters. The Labute approximate surface area is 617 Å². The summed E-state index contributed by atoms with van der Waals surface area (Å²) in [6.45, 7) is 2.71. The van der Waals surface area contributed by atoms with Gasteiger partial charge in [-0.25, -0.2) is 0 Å². The molecule has 0 radical (unpaired) electrons. The van der Waals surface area contributed by atoms with Crippen LogP contribution in [0.2, 0.25) is 0 Å². The average molecular weight is 1420 g/mol. The van der Waals surface area contributed by atoms with Crippen LogP contribution < -0.4 is 5.32 Å². The molecule has 12 atom stereocenters. The van der Waals surface area contributed by atoms with Gasteiger partial charge in [0.05, 0.1) is 32.0 Å². The molecule has 0 aromatic carbocycles. The molecule has 0 saturated carbocycles. The Morgan fingerprint density at radius 2 is 0.693 bits per heavy atom. The minimum absolute atomic E-state index is 0.248. The Bertz CT molecular complexity index is 2070. The fraction of sp³-hybridized carbons (Fsp3) is 0.805. The third-order valence-corrected chi connectivity index (χ3v) is 20.0. The summed E-state index contributed by atoms with van der Waals surface area (Å²) in [5, 5.41) is 87.7. The van der Waals surface area contributed by atoms with Gasteiger partial charge in [0.1, 0.15) is 48.8 Å². The molecule has 14 nitrogen and oxygen atoms in total. The number of aliphatic hydroxyl groups excluding tert-OH is 8. The Morgan fingerprint density at radius 3 is 1.09 bits per heavy atom. The smallest absolute Gasteiger partial charge is 0.220 e. The summed E-state index contributed by atoms with van der Waals surface area (Å²) in [7, 11) is 0. The minimum atomic E-state index is -1.80. The Hall–Kier alpha value is -3.09. The Kier molecular flexibility index (Phi) is 65.1. The van der Waals surface area contributed by atoms with Gasteiger partial charge in [0.15, 0.2) is 12.6 Å². The van der Waals surface area contributed by atoms with Crippen LogP contribution in [0.15, 0.2) is 97.2 Å². The van der Waals surface area contributed by atoms with Crippen molar-refractivity contribution in [3.8, 4) is 0 Å². The van der Waals surface area contributed by atoms with Gasteiger partial charge < -0.3 is 65.1 Å². The number of rotatable bonds is 70. The number of unbranched alkanes of at least 4 members (excludes halogenated alkanes) is 43. The molecule has 0 bridgehead atoms. The van der Waals surface area contributed by atoms with Crippen LogP contribution in [0.4, 0.5) is 0 Å². The molecule has 2 aliphatic rings. The summed E-state index contributed by atoms with van der Waals surface area (Å²) < 4.78 is 22.9. The van der Waals surface area contributed by atoms with Crippen LogP contribution in [0, 0.1) is 0 Å². The third kappa shape index (κ3) is 52.5. The van der Waals surface area contributed by atoms with E-state index in [1.54, 1.807) is 6.08 Å². The van der Waals surface area contributed by atoms with Crippen LogP contribution in [-0.2, 0) is 23.7 Å². The number of carbonyl (C=O) groups is 1. The molecule has 1 amide bonds. The number of nitrogens with one attached hydrogen (secondary N) is 1. The molecule has 101 heavy (non-hydrogen) atoms. The SMILES string of the molecule is CC/C=C\C/C=C\C/C=C\C/C=C\C/C=C\CCCCCCCCCCCCCCCCCCCCCCCCCCCC(=O)NC(COC1OC(CO)C(OC2OC(CO)C(O)C(O)C2O)C(O)C1O)C(O)/C=C/CC/C=C/CC/C=C/CCCCCCCCCCCCCCCCCC. The standard InChI is InChI=1S/C87H155NO13/c1-3-5-7-9-11-13-15-17-19-21-23-25-27-29-31-32-33-34-35-36-37-38-39-40-41-42-43-44-45-47-49-51-53-55-57-59-61-63-65-67-69-71-79(92)88-75(74-98-86-84(97)82(95)85(78(73-90)100-86)101-87-83(96)81(94)80(93)77(72-89)99-87)76(91)70-68-66-64-62-60-58-56-54-52-50-48-46-30-28-26-24-22-20-18-16-14-12-10-8-6-4-2/h5,7,11,13,17,19,23,25,29,31,52,54,60,62,68,70,75-78,80-87,89-91,93-97H,3-4,6,8-10,12,14-16,18,20-22,24,26-28,30,32-51,53,55-59,61,63-67,69,71-74H2,1-2H3,(H,88,92)/b7-5-,13-11-,19-17-,25-23-,31-29-,54-52+,62-60+,70-68+. The van der Waals surface area contributed by atoms with Crippen molar-refractivity contribution in [2.24, 2.45) is 0 Å². The van der Waals surface area contributed by atoms with Crippen molar-refractivity contribution in [3.63, 3.8) is 0 Å². The Morgan fingerprint density at radius 1 is 0.366 bits per heavy atom. The van der Waals surface area contributed by atoms with E-state index < -0.39 is 86.8 Å². The molecule has 14 heteroatoms. The number of allylic oxidation sites excluding steroid dienone is 15. The van der Waals surface area contributed by atoms with E-state index >= 15 is 0 Å². The van der Waals surface area contributed by atoms with E-state index in [1.807, 2.05) is 6.08 Å². The summed E-state index contributed by atoms with van der Waals surface area (Å²) in [4.78, 5) is 13.4. The fourth-order valence-electron chi connectivity index (χ4n) is 13.4. The van der Waals surface area contributed by atoms with Gasteiger partial charge in [-0.2, -0.15) is 0 Å². The van der Waals surface area contributed by atoms with Crippen molar-refractivity contribution in [1.82, 2.24) is 5.32 Å². The average Bonchev–Trinajstić information content (AvgIpc) is 0.792. The van der Waals surface area contributed by atoms with E-state index in [0.717, 1.165) is 77.0 Å².